The van der Waals surface area contributed by atoms with E-state index in [2.05, 4.69) is 68.5 Å². The zero-order chi connectivity index (χ0) is 17.1. The zero-order valence-corrected chi connectivity index (χ0v) is 17.8. The van der Waals surface area contributed by atoms with Gasteiger partial charge in [0, 0.05) is 16.1 Å². The van der Waals surface area contributed by atoms with E-state index in [1.165, 1.54) is 38.7 Å². The number of thioether (sulfide) groups is 1. The second-order valence-corrected chi connectivity index (χ2v) is 14.7. The maximum atomic E-state index is 6.76. The van der Waals surface area contributed by atoms with Gasteiger partial charge in [-0.15, -0.1) is 11.8 Å². The fraction of sp³-hybridized carbons (Fsp3) is 0.684. The van der Waals surface area contributed by atoms with E-state index in [-0.39, 0.29) is 10.5 Å². The Morgan fingerprint density at radius 3 is 2.05 bits per heavy atom. The summed E-state index contributed by atoms with van der Waals surface area (Å²) in [5.74, 6) is 2.34. The molecule has 1 aromatic rings. The molecule has 1 aliphatic heterocycles. The van der Waals surface area contributed by atoms with E-state index in [1.807, 2.05) is 11.8 Å². The van der Waals surface area contributed by atoms with Crippen LogP contribution in [0.5, 0.6) is 5.75 Å². The van der Waals surface area contributed by atoms with Gasteiger partial charge in [-0.05, 0) is 61.2 Å². The van der Waals surface area contributed by atoms with Gasteiger partial charge in [-0.1, -0.05) is 34.6 Å². The molecule has 1 aromatic carbocycles. The highest BCUT2D eigenvalue weighted by atomic mass is 32.2. The number of rotatable bonds is 2. The van der Waals surface area contributed by atoms with E-state index in [9.17, 15) is 0 Å². The van der Waals surface area contributed by atoms with Crippen molar-refractivity contribution in [2.75, 3.05) is 5.75 Å². The van der Waals surface area contributed by atoms with Crippen LogP contribution in [-0.4, -0.2) is 14.1 Å². The molecule has 0 aliphatic carbocycles. The molecule has 0 spiro atoms. The lowest BCUT2D eigenvalue weighted by Gasteiger charge is -2.38. The summed E-state index contributed by atoms with van der Waals surface area (Å²) in [6, 6.07) is 0. The van der Waals surface area contributed by atoms with Crippen molar-refractivity contribution in [2.45, 2.75) is 83.8 Å². The standard InChI is InChI=1S/C19H32OSSi/c1-12-13(2)17-15(19(7,8)11-21-17)14(3)16(12)20-22(9,10)18(4,5)6/h11H2,1-10H3. The summed E-state index contributed by atoms with van der Waals surface area (Å²) in [7, 11) is -1.82. The molecule has 1 heterocycles. The maximum absolute atomic E-state index is 6.76. The quantitative estimate of drug-likeness (QED) is 0.579. The fourth-order valence-corrected chi connectivity index (χ4v) is 5.69. The first-order chi connectivity index (χ1) is 9.79. The molecule has 0 bridgehead atoms. The van der Waals surface area contributed by atoms with E-state index in [4.69, 9.17) is 4.43 Å². The van der Waals surface area contributed by atoms with Crippen LogP contribution >= 0.6 is 11.8 Å². The first-order valence-electron chi connectivity index (χ1n) is 8.25. The largest absolute Gasteiger partial charge is 0.543 e. The normalized spacial score (nSPS) is 17.5. The molecule has 0 saturated carbocycles. The second kappa shape index (κ2) is 5.30. The van der Waals surface area contributed by atoms with Gasteiger partial charge >= 0.3 is 0 Å². The Morgan fingerprint density at radius 1 is 1.00 bits per heavy atom. The molecule has 0 fully saturated rings. The molecule has 1 aliphatic rings. The molecule has 0 N–H and O–H groups in total. The first kappa shape index (κ1) is 17.9. The minimum absolute atomic E-state index is 0.225. The molecular weight excluding hydrogens is 304 g/mol. The highest BCUT2D eigenvalue weighted by molar-refractivity contribution is 7.99. The van der Waals surface area contributed by atoms with Crippen molar-refractivity contribution in [3.8, 4) is 5.75 Å². The van der Waals surface area contributed by atoms with Gasteiger partial charge in [-0.25, -0.2) is 0 Å². The van der Waals surface area contributed by atoms with Crippen molar-refractivity contribution in [3.05, 3.63) is 22.3 Å². The molecule has 124 valence electrons. The Kier molecular flexibility index (Phi) is 4.32. The summed E-state index contributed by atoms with van der Waals surface area (Å²) >= 11 is 2.02. The SMILES string of the molecule is Cc1c(C)c2c(c(C)c1O[Si](C)(C)C(C)(C)C)C(C)(C)CS2. The number of fused-ring (bicyclic) bond motifs is 1. The molecule has 1 nitrogen and oxygen atoms in total. The fourth-order valence-electron chi connectivity index (χ4n) is 2.97. The molecule has 2 rings (SSSR count). The highest BCUT2D eigenvalue weighted by Gasteiger charge is 2.41. The summed E-state index contributed by atoms with van der Waals surface area (Å²) in [4.78, 5) is 1.50. The lowest BCUT2D eigenvalue weighted by Crippen LogP contribution is -2.44. The van der Waals surface area contributed by atoms with E-state index < -0.39 is 8.32 Å². The van der Waals surface area contributed by atoms with Crippen LogP contribution < -0.4 is 4.43 Å². The molecule has 0 unspecified atom stereocenters. The van der Waals surface area contributed by atoms with Crippen molar-refractivity contribution < 1.29 is 4.43 Å². The molecule has 0 atom stereocenters. The van der Waals surface area contributed by atoms with Crippen LogP contribution in [0.2, 0.25) is 18.1 Å². The van der Waals surface area contributed by atoms with Crippen LogP contribution in [0.15, 0.2) is 4.90 Å². The van der Waals surface area contributed by atoms with Crippen molar-refractivity contribution >= 4 is 20.1 Å². The predicted octanol–water partition coefficient (Wildman–Crippen LogP) is 6.38. The summed E-state index contributed by atoms with van der Waals surface area (Å²) in [6.07, 6.45) is 0. The minimum atomic E-state index is -1.82. The average molecular weight is 337 g/mol. The monoisotopic (exact) mass is 336 g/mol. The van der Waals surface area contributed by atoms with Crippen molar-refractivity contribution in [1.82, 2.24) is 0 Å². The third-order valence-electron chi connectivity index (χ3n) is 5.60. The van der Waals surface area contributed by atoms with Crippen LogP contribution in [0.25, 0.3) is 0 Å². The molecule has 0 aromatic heterocycles. The van der Waals surface area contributed by atoms with Crippen LogP contribution in [0.3, 0.4) is 0 Å². The van der Waals surface area contributed by atoms with Crippen molar-refractivity contribution in [2.24, 2.45) is 0 Å². The number of hydrogen-bond acceptors (Lipinski definition) is 2. The van der Waals surface area contributed by atoms with Crippen LogP contribution in [0, 0.1) is 20.8 Å². The zero-order valence-electron chi connectivity index (χ0n) is 16.0. The lowest BCUT2D eigenvalue weighted by atomic mass is 9.82. The van der Waals surface area contributed by atoms with E-state index in [1.54, 1.807) is 0 Å². The van der Waals surface area contributed by atoms with E-state index in [0.717, 1.165) is 0 Å². The summed E-state index contributed by atoms with van der Waals surface area (Å²) in [5, 5.41) is 0.225. The van der Waals surface area contributed by atoms with E-state index in [0.29, 0.717) is 0 Å². The number of hydrogen-bond donors (Lipinski definition) is 0. The highest BCUT2D eigenvalue weighted by Crippen LogP contribution is 2.51. The Balaban J connectivity index is 2.63. The first-order valence-corrected chi connectivity index (χ1v) is 12.1. The van der Waals surface area contributed by atoms with Crippen LogP contribution in [0.4, 0.5) is 0 Å². The van der Waals surface area contributed by atoms with Gasteiger partial charge in [0.25, 0.3) is 8.32 Å². The van der Waals surface area contributed by atoms with Gasteiger partial charge in [0.1, 0.15) is 5.75 Å². The second-order valence-electron chi connectivity index (χ2n) is 8.94. The third-order valence-corrected chi connectivity index (χ3v) is 11.6. The van der Waals surface area contributed by atoms with Crippen LogP contribution in [-0.2, 0) is 5.41 Å². The smallest absolute Gasteiger partial charge is 0.250 e. The summed E-state index contributed by atoms with van der Waals surface area (Å²) in [5.41, 5.74) is 5.90. The van der Waals surface area contributed by atoms with Crippen molar-refractivity contribution in [3.63, 3.8) is 0 Å². The molecule has 0 saturated heterocycles. The van der Waals surface area contributed by atoms with Gasteiger partial charge in [-0.2, -0.15) is 0 Å². The van der Waals surface area contributed by atoms with Gasteiger partial charge < -0.3 is 4.43 Å². The van der Waals surface area contributed by atoms with Crippen molar-refractivity contribution in [1.29, 1.82) is 0 Å². The third kappa shape index (κ3) is 2.75. The van der Waals surface area contributed by atoms with Gasteiger partial charge in [-0.3, -0.25) is 0 Å². The van der Waals surface area contributed by atoms with Gasteiger partial charge in [0.15, 0.2) is 0 Å². The molecular formula is C19H32OSSi. The van der Waals surface area contributed by atoms with E-state index >= 15 is 0 Å². The Morgan fingerprint density at radius 2 is 1.55 bits per heavy atom. The Bertz CT molecular complexity index is 609. The Hall–Kier alpha value is -0.413. The molecule has 22 heavy (non-hydrogen) atoms. The Labute approximate surface area is 142 Å². The predicted molar refractivity (Wildman–Crippen MR) is 102 cm³/mol. The molecule has 3 heteroatoms. The lowest BCUT2D eigenvalue weighted by molar-refractivity contribution is 0.480. The average Bonchev–Trinajstić information content (AvgIpc) is 2.66. The summed E-state index contributed by atoms with van der Waals surface area (Å²) in [6.45, 7) is 23.1. The minimum Gasteiger partial charge on any atom is -0.543 e. The van der Waals surface area contributed by atoms with Crippen LogP contribution in [0.1, 0.15) is 56.9 Å². The van der Waals surface area contributed by atoms with Gasteiger partial charge in [0.2, 0.25) is 0 Å². The van der Waals surface area contributed by atoms with Gasteiger partial charge in [0.05, 0.1) is 0 Å². The topological polar surface area (TPSA) is 9.23 Å². The molecule has 0 amide bonds. The maximum Gasteiger partial charge on any atom is 0.250 e. The molecule has 0 radical (unpaired) electrons. The number of benzene rings is 1. The summed E-state index contributed by atoms with van der Waals surface area (Å²) < 4.78 is 6.76.